The molecule has 7 heteroatoms. The molecule has 2 aliphatic heterocycles. The molecule has 2 heterocycles. The van der Waals surface area contributed by atoms with Gasteiger partial charge in [-0.2, -0.15) is 0 Å². The van der Waals surface area contributed by atoms with Crippen molar-refractivity contribution >= 4 is 17.9 Å². The Morgan fingerprint density at radius 3 is 2.57 bits per heavy atom. The smallest absolute Gasteiger partial charge is 0.320 e. The van der Waals surface area contributed by atoms with Crippen LogP contribution in [0.4, 0.5) is 4.79 Å². The highest BCUT2D eigenvalue weighted by atomic mass is 16.4. The first-order valence-electron chi connectivity index (χ1n) is 7.42. The van der Waals surface area contributed by atoms with E-state index >= 15 is 0 Å². The summed E-state index contributed by atoms with van der Waals surface area (Å²) in [6.45, 7) is 3.66. The average molecular weight is 297 g/mol. The molecule has 0 saturated carbocycles. The van der Waals surface area contributed by atoms with Crippen molar-refractivity contribution in [2.24, 2.45) is 5.92 Å². The summed E-state index contributed by atoms with van der Waals surface area (Å²) >= 11 is 0. The Bertz CT molecular complexity index is 440. The number of piperidine rings is 1. The van der Waals surface area contributed by atoms with Gasteiger partial charge in [0.25, 0.3) is 0 Å². The summed E-state index contributed by atoms with van der Waals surface area (Å²) < 4.78 is 0. The van der Waals surface area contributed by atoms with Crippen LogP contribution < -0.4 is 0 Å². The summed E-state index contributed by atoms with van der Waals surface area (Å²) in [4.78, 5) is 40.4. The molecule has 0 bridgehead atoms. The normalized spacial score (nSPS) is 27.5. The van der Waals surface area contributed by atoms with Gasteiger partial charge in [0.1, 0.15) is 6.54 Å². The quantitative estimate of drug-likeness (QED) is 0.762. The summed E-state index contributed by atoms with van der Waals surface area (Å²) in [6.07, 6.45) is 1.73. The number of carboxylic acid groups (broad SMARTS) is 1. The fourth-order valence-electron chi connectivity index (χ4n) is 3.01. The lowest BCUT2D eigenvalue weighted by atomic mass is 9.92. The zero-order valence-corrected chi connectivity index (χ0v) is 12.6. The van der Waals surface area contributed by atoms with E-state index in [2.05, 4.69) is 0 Å². The van der Waals surface area contributed by atoms with Gasteiger partial charge in [0.2, 0.25) is 5.91 Å². The van der Waals surface area contributed by atoms with Gasteiger partial charge in [0.05, 0.1) is 5.92 Å². The number of likely N-dealkylation sites (N-methyl/N-ethyl adjacent to an activating group) is 1. The topological polar surface area (TPSA) is 81.2 Å². The molecule has 2 rings (SSSR count). The van der Waals surface area contributed by atoms with Crippen molar-refractivity contribution in [3.8, 4) is 0 Å². The van der Waals surface area contributed by atoms with Crippen LogP contribution >= 0.6 is 0 Å². The first-order chi connectivity index (χ1) is 9.90. The molecule has 2 atom stereocenters. The molecule has 0 spiro atoms. The number of urea groups is 1. The van der Waals surface area contributed by atoms with E-state index in [0.29, 0.717) is 32.5 Å². The van der Waals surface area contributed by atoms with Crippen molar-refractivity contribution in [1.29, 1.82) is 0 Å². The maximum atomic E-state index is 12.6. The van der Waals surface area contributed by atoms with Crippen LogP contribution in [0, 0.1) is 5.92 Å². The van der Waals surface area contributed by atoms with Crippen LogP contribution in [0.1, 0.15) is 26.2 Å². The Kier molecular flexibility index (Phi) is 4.69. The monoisotopic (exact) mass is 297 g/mol. The number of hydrogen-bond donors (Lipinski definition) is 1. The lowest BCUT2D eigenvalue weighted by Crippen LogP contribution is -2.52. The van der Waals surface area contributed by atoms with E-state index in [1.807, 2.05) is 6.92 Å². The Hall–Kier alpha value is -1.79. The van der Waals surface area contributed by atoms with Gasteiger partial charge in [0, 0.05) is 32.7 Å². The standard InChI is InChI=1S/C14H23N3O4/c1-10-8-11(13(19)20)4-7-17(10)14(21)16-6-3-5-15(2)12(18)9-16/h10-11H,3-9H2,1-2H3,(H,19,20). The fraction of sp³-hybridized carbons (Fsp3) is 0.786. The van der Waals surface area contributed by atoms with Gasteiger partial charge in [-0.25, -0.2) is 4.79 Å². The van der Waals surface area contributed by atoms with Crippen LogP contribution in [0.2, 0.25) is 0 Å². The van der Waals surface area contributed by atoms with Crippen LogP contribution in [0.3, 0.4) is 0 Å². The summed E-state index contributed by atoms with van der Waals surface area (Å²) in [5, 5.41) is 9.07. The zero-order valence-electron chi connectivity index (χ0n) is 12.6. The summed E-state index contributed by atoms with van der Waals surface area (Å²) in [6, 6.07) is -0.251. The Morgan fingerprint density at radius 2 is 1.95 bits per heavy atom. The molecule has 2 saturated heterocycles. The third-order valence-corrected chi connectivity index (χ3v) is 4.42. The number of carbonyl (C=O) groups is 3. The number of hydrogen-bond acceptors (Lipinski definition) is 3. The average Bonchev–Trinajstić information content (AvgIpc) is 2.60. The van der Waals surface area contributed by atoms with Crippen molar-refractivity contribution in [3.05, 3.63) is 0 Å². The molecule has 118 valence electrons. The molecule has 7 nitrogen and oxygen atoms in total. The minimum atomic E-state index is -0.791. The second-order valence-corrected chi connectivity index (χ2v) is 5.97. The molecule has 0 radical (unpaired) electrons. The Labute approximate surface area is 124 Å². The molecule has 0 aromatic heterocycles. The molecule has 3 amide bonds. The van der Waals surface area contributed by atoms with E-state index in [9.17, 15) is 14.4 Å². The lowest BCUT2D eigenvalue weighted by Gasteiger charge is -2.38. The lowest BCUT2D eigenvalue weighted by molar-refractivity contribution is -0.143. The largest absolute Gasteiger partial charge is 0.481 e. The van der Waals surface area contributed by atoms with Crippen molar-refractivity contribution in [2.45, 2.75) is 32.2 Å². The molecule has 2 aliphatic rings. The third-order valence-electron chi connectivity index (χ3n) is 4.42. The first-order valence-corrected chi connectivity index (χ1v) is 7.42. The second kappa shape index (κ2) is 6.32. The van der Waals surface area contributed by atoms with Crippen LogP contribution in [0.5, 0.6) is 0 Å². The summed E-state index contributed by atoms with van der Waals surface area (Å²) in [5.74, 6) is -1.21. The van der Waals surface area contributed by atoms with Gasteiger partial charge in [-0.05, 0) is 26.2 Å². The predicted molar refractivity (Wildman–Crippen MR) is 75.8 cm³/mol. The van der Waals surface area contributed by atoms with E-state index < -0.39 is 5.97 Å². The van der Waals surface area contributed by atoms with E-state index in [4.69, 9.17) is 5.11 Å². The summed E-state index contributed by atoms with van der Waals surface area (Å²) in [7, 11) is 1.75. The molecule has 2 fully saturated rings. The highest BCUT2D eigenvalue weighted by molar-refractivity contribution is 5.84. The van der Waals surface area contributed by atoms with E-state index in [1.54, 1.807) is 21.7 Å². The number of aliphatic carboxylic acids is 1. The van der Waals surface area contributed by atoms with Crippen LogP contribution in [-0.4, -0.2) is 77.0 Å². The number of likely N-dealkylation sites (tertiary alicyclic amines) is 1. The molecular formula is C14H23N3O4. The molecule has 21 heavy (non-hydrogen) atoms. The fourth-order valence-corrected chi connectivity index (χ4v) is 3.01. The molecule has 0 aromatic rings. The Balaban J connectivity index is 2.00. The Morgan fingerprint density at radius 1 is 1.24 bits per heavy atom. The van der Waals surface area contributed by atoms with Gasteiger partial charge in [-0.1, -0.05) is 0 Å². The minimum absolute atomic E-state index is 0.0473. The van der Waals surface area contributed by atoms with Crippen molar-refractivity contribution in [2.75, 3.05) is 33.2 Å². The van der Waals surface area contributed by atoms with Crippen LogP contribution in [-0.2, 0) is 9.59 Å². The van der Waals surface area contributed by atoms with Gasteiger partial charge < -0.3 is 19.8 Å². The van der Waals surface area contributed by atoms with Crippen molar-refractivity contribution < 1.29 is 19.5 Å². The number of carbonyl (C=O) groups excluding carboxylic acids is 2. The maximum absolute atomic E-state index is 12.6. The highest BCUT2D eigenvalue weighted by Crippen LogP contribution is 2.24. The highest BCUT2D eigenvalue weighted by Gasteiger charge is 2.35. The zero-order chi connectivity index (χ0) is 15.6. The van der Waals surface area contributed by atoms with Gasteiger partial charge in [-0.3, -0.25) is 9.59 Å². The van der Waals surface area contributed by atoms with Crippen molar-refractivity contribution in [3.63, 3.8) is 0 Å². The molecule has 1 N–H and O–H groups in total. The van der Waals surface area contributed by atoms with E-state index in [-0.39, 0.29) is 30.4 Å². The van der Waals surface area contributed by atoms with Gasteiger partial charge >= 0.3 is 12.0 Å². The maximum Gasteiger partial charge on any atom is 0.320 e. The van der Waals surface area contributed by atoms with Gasteiger partial charge in [0.15, 0.2) is 0 Å². The second-order valence-electron chi connectivity index (χ2n) is 5.97. The minimum Gasteiger partial charge on any atom is -0.481 e. The SMILES string of the molecule is CC1CC(C(=O)O)CCN1C(=O)N1CCCN(C)C(=O)C1. The summed E-state index contributed by atoms with van der Waals surface area (Å²) in [5.41, 5.74) is 0. The van der Waals surface area contributed by atoms with E-state index in [0.717, 1.165) is 6.42 Å². The first kappa shape index (κ1) is 15.6. The van der Waals surface area contributed by atoms with Crippen LogP contribution in [0.15, 0.2) is 0 Å². The number of amides is 3. The third kappa shape index (κ3) is 3.46. The number of carboxylic acids is 1. The molecule has 2 unspecified atom stereocenters. The molecule has 0 aliphatic carbocycles. The van der Waals surface area contributed by atoms with E-state index in [1.165, 1.54) is 0 Å². The van der Waals surface area contributed by atoms with Crippen LogP contribution in [0.25, 0.3) is 0 Å². The van der Waals surface area contributed by atoms with Gasteiger partial charge in [-0.15, -0.1) is 0 Å². The molecule has 0 aromatic carbocycles. The molecular weight excluding hydrogens is 274 g/mol. The predicted octanol–water partition coefficient (Wildman–Crippen LogP) is 0.456. The number of nitrogens with zero attached hydrogens (tertiary/aromatic N) is 3. The van der Waals surface area contributed by atoms with Crippen molar-refractivity contribution in [1.82, 2.24) is 14.7 Å². The number of rotatable bonds is 1.